The summed E-state index contributed by atoms with van der Waals surface area (Å²) in [5, 5.41) is 12.5. The van der Waals surface area contributed by atoms with Crippen molar-refractivity contribution in [2.24, 2.45) is 5.73 Å². The Morgan fingerprint density at radius 3 is 2.89 bits per heavy atom. The molecule has 1 saturated heterocycles. The van der Waals surface area contributed by atoms with Crippen molar-refractivity contribution in [1.29, 1.82) is 0 Å². The predicted molar refractivity (Wildman–Crippen MR) is 70.5 cm³/mol. The molecule has 18 heavy (non-hydrogen) atoms. The van der Waals surface area contributed by atoms with E-state index in [-0.39, 0.29) is 11.9 Å². The van der Waals surface area contributed by atoms with E-state index in [9.17, 15) is 9.90 Å². The number of hydrogen-bond donors (Lipinski definition) is 2. The van der Waals surface area contributed by atoms with Crippen molar-refractivity contribution >= 4 is 17.2 Å². The lowest BCUT2D eigenvalue weighted by Crippen LogP contribution is -2.63. The number of carbonyl (C=O) groups is 1. The first-order chi connectivity index (χ1) is 8.45. The molecule has 1 aliphatic heterocycles. The SMILES string of the molecule is CCCC1(O)CN(C(=O)c2csc(C(C)N)n2)C1. The monoisotopic (exact) mass is 269 g/mol. The normalized spacial score (nSPS) is 19.4. The van der Waals surface area contributed by atoms with Crippen LogP contribution in [-0.4, -0.2) is 39.6 Å². The van der Waals surface area contributed by atoms with Crippen molar-refractivity contribution < 1.29 is 9.90 Å². The van der Waals surface area contributed by atoms with Gasteiger partial charge < -0.3 is 15.7 Å². The summed E-state index contributed by atoms with van der Waals surface area (Å²) in [4.78, 5) is 17.9. The molecule has 0 radical (unpaired) electrons. The first kappa shape index (κ1) is 13.5. The van der Waals surface area contributed by atoms with Gasteiger partial charge in [-0.2, -0.15) is 0 Å². The van der Waals surface area contributed by atoms with E-state index in [1.807, 2.05) is 13.8 Å². The number of rotatable bonds is 4. The van der Waals surface area contributed by atoms with Gasteiger partial charge in [-0.15, -0.1) is 11.3 Å². The third-order valence-corrected chi connectivity index (χ3v) is 4.15. The molecule has 1 aromatic rings. The predicted octanol–water partition coefficient (Wildman–Crippen LogP) is 1.15. The molecule has 1 aliphatic rings. The number of aliphatic hydroxyl groups is 1. The van der Waals surface area contributed by atoms with Crippen LogP contribution in [0.3, 0.4) is 0 Å². The van der Waals surface area contributed by atoms with Gasteiger partial charge in [0.25, 0.3) is 5.91 Å². The van der Waals surface area contributed by atoms with Crippen LogP contribution >= 0.6 is 11.3 Å². The van der Waals surface area contributed by atoms with Crippen molar-refractivity contribution in [2.45, 2.75) is 38.3 Å². The largest absolute Gasteiger partial charge is 0.386 e. The Labute approximate surface area is 111 Å². The van der Waals surface area contributed by atoms with Gasteiger partial charge in [0.15, 0.2) is 0 Å². The first-order valence-corrected chi connectivity index (χ1v) is 7.06. The number of carbonyl (C=O) groups excluding carboxylic acids is 1. The molecule has 1 amide bonds. The van der Waals surface area contributed by atoms with Crippen LogP contribution in [0.15, 0.2) is 5.38 Å². The fraction of sp³-hybridized carbons (Fsp3) is 0.667. The molecule has 1 fully saturated rings. The van der Waals surface area contributed by atoms with Gasteiger partial charge in [-0.05, 0) is 13.3 Å². The van der Waals surface area contributed by atoms with Crippen LogP contribution in [0.4, 0.5) is 0 Å². The Kier molecular flexibility index (Phi) is 3.70. The van der Waals surface area contributed by atoms with Crippen LogP contribution in [0.2, 0.25) is 0 Å². The van der Waals surface area contributed by atoms with Gasteiger partial charge in [-0.25, -0.2) is 4.98 Å². The average molecular weight is 269 g/mol. The molecule has 2 heterocycles. The van der Waals surface area contributed by atoms with E-state index >= 15 is 0 Å². The molecule has 0 saturated carbocycles. The fourth-order valence-corrected chi connectivity index (χ4v) is 2.94. The lowest BCUT2D eigenvalue weighted by atomic mass is 9.89. The van der Waals surface area contributed by atoms with Crippen LogP contribution in [0.1, 0.15) is 48.2 Å². The average Bonchev–Trinajstić information content (AvgIpc) is 2.74. The molecule has 5 nitrogen and oxygen atoms in total. The van der Waals surface area contributed by atoms with Crippen molar-refractivity contribution in [3.63, 3.8) is 0 Å². The topological polar surface area (TPSA) is 79.5 Å². The molecular formula is C12H19N3O2S. The zero-order valence-corrected chi connectivity index (χ0v) is 11.5. The van der Waals surface area contributed by atoms with Crippen LogP contribution < -0.4 is 5.73 Å². The van der Waals surface area contributed by atoms with Crippen molar-refractivity contribution in [3.05, 3.63) is 16.1 Å². The molecule has 1 aromatic heterocycles. The molecule has 1 unspecified atom stereocenters. The van der Waals surface area contributed by atoms with Crippen LogP contribution in [-0.2, 0) is 0 Å². The van der Waals surface area contributed by atoms with Crippen molar-refractivity contribution in [2.75, 3.05) is 13.1 Å². The number of β-amino-alcohol motifs (C(OH)–C–C–N with tert-alkyl or cyclic N) is 1. The Bertz CT molecular complexity index is 438. The van der Waals surface area contributed by atoms with Gasteiger partial charge in [0, 0.05) is 5.38 Å². The second-order valence-electron chi connectivity index (χ2n) is 5.00. The summed E-state index contributed by atoms with van der Waals surface area (Å²) in [5.41, 5.74) is 5.46. The Balaban J connectivity index is 1.97. The Morgan fingerprint density at radius 1 is 1.72 bits per heavy atom. The minimum Gasteiger partial charge on any atom is -0.386 e. The van der Waals surface area contributed by atoms with Gasteiger partial charge in [0.05, 0.1) is 24.7 Å². The minimum atomic E-state index is -0.690. The second-order valence-corrected chi connectivity index (χ2v) is 5.88. The van der Waals surface area contributed by atoms with Gasteiger partial charge in [-0.3, -0.25) is 4.79 Å². The standard InChI is InChI=1S/C12H19N3O2S/c1-3-4-12(17)6-15(7-12)11(16)9-5-18-10(14-9)8(2)13/h5,8,17H,3-4,6-7,13H2,1-2H3. The fourth-order valence-electron chi connectivity index (χ4n) is 2.19. The van der Waals surface area contributed by atoms with Crippen molar-refractivity contribution in [1.82, 2.24) is 9.88 Å². The number of nitrogens with two attached hydrogens (primary N) is 1. The quantitative estimate of drug-likeness (QED) is 0.859. The molecule has 3 N–H and O–H groups in total. The van der Waals surface area contributed by atoms with E-state index in [1.165, 1.54) is 11.3 Å². The molecule has 0 aliphatic carbocycles. The third-order valence-electron chi connectivity index (χ3n) is 3.10. The third kappa shape index (κ3) is 2.55. The minimum absolute atomic E-state index is 0.112. The van der Waals surface area contributed by atoms with E-state index in [0.29, 0.717) is 18.8 Å². The zero-order valence-electron chi connectivity index (χ0n) is 10.7. The highest BCUT2D eigenvalue weighted by Crippen LogP contribution is 2.27. The maximum atomic E-state index is 12.1. The van der Waals surface area contributed by atoms with E-state index in [2.05, 4.69) is 4.98 Å². The summed E-state index contributed by atoms with van der Waals surface area (Å²) in [6.45, 7) is 4.68. The lowest BCUT2D eigenvalue weighted by Gasteiger charge is -2.46. The maximum absolute atomic E-state index is 12.1. The Morgan fingerprint density at radius 2 is 2.39 bits per heavy atom. The molecule has 2 rings (SSSR count). The number of hydrogen-bond acceptors (Lipinski definition) is 5. The van der Waals surface area contributed by atoms with Gasteiger partial charge in [-0.1, -0.05) is 13.3 Å². The number of amides is 1. The van der Waals surface area contributed by atoms with Crippen LogP contribution in [0.5, 0.6) is 0 Å². The molecular weight excluding hydrogens is 250 g/mol. The summed E-state index contributed by atoms with van der Waals surface area (Å²) < 4.78 is 0. The van der Waals surface area contributed by atoms with E-state index in [0.717, 1.165) is 17.8 Å². The molecule has 0 aromatic carbocycles. The van der Waals surface area contributed by atoms with E-state index in [1.54, 1.807) is 10.3 Å². The van der Waals surface area contributed by atoms with E-state index in [4.69, 9.17) is 5.73 Å². The zero-order chi connectivity index (χ0) is 13.3. The molecule has 0 bridgehead atoms. The second kappa shape index (κ2) is 4.95. The highest BCUT2D eigenvalue weighted by Gasteiger charge is 2.43. The molecule has 100 valence electrons. The van der Waals surface area contributed by atoms with E-state index < -0.39 is 5.60 Å². The smallest absolute Gasteiger partial charge is 0.273 e. The molecule has 0 spiro atoms. The summed E-state index contributed by atoms with van der Waals surface area (Å²) in [5.74, 6) is -0.112. The van der Waals surface area contributed by atoms with Crippen LogP contribution in [0, 0.1) is 0 Å². The van der Waals surface area contributed by atoms with Crippen molar-refractivity contribution in [3.8, 4) is 0 Å². The number of aromatic nitrogens is 1. The summed E-state index contributed by atoms with van der Waals surface area (Å²) in [6, 6.07) is -0.148. The number of nitrogens with zero attached hydrogens (tertiary/aromatic N) is 2. The summed E-state index contributed by atoms with van der Waals surface area (Å²) >= 11 is 1.40. The van der Waals surface area contributed by atoms with Crippen LogP contribution in [0.25, 0.3) is 0 Å². The number of likely N-dealkylation sites (tertiary alicyclic amines) is 1. The van der Waals surface area contributed by atoms with Gasteiger partial charge in [0.2, 0.25) is 0 Å². The highest BCUT2D eigenvalue weighted by molar-refractivity contribution is 7.09. The maximum Gasteiger partial charge on any atom is 0.273 e. The highest BCUT2D eigenvalue weighted by atomic mass is 32.1. The van der Waals surface area contributed by atoms with Gasteiger partial charge in [0.1, 0.15) is 10.7 Å². The summed E-state index contributed by atoms with van der Waals surface area (Å²) in [7, 11) is 0. The lowest BCUT2D eigenvalue weighted by molar-refractivity contribution is -0.0861. The Hall–Kier alpha value is -0.980. The number of thiazole rings is 1. The first-order valence-electron chi connectivity index (χ1n) is 6.18. The summed E-state index contributed by atoms with van der Waals surface area (Å²) in [6.07, 6.45) is 1.66. The molecule has 1 atom stereocenters. The molecule has 6 heteroatoms. The van der Waals surface area contributed by atoms with Gasteiger partial charge >= 0.3 is 0 Å².